The molecule has 3 aromatic rings. The third-order valence-electron chi connectivity index (χ3n) is 3.62. The average Bonchev–Trinajstić information content (AvgIpc) is 3.14. The number of amides is 1. The smallest absolute Gasteiger partial charge is 0.261 e. The lowest BCUT2D eigenvalue weighted by Crippen LogP contribution is -2.34. The molecule has 0 aliphatic rings. The first-order chi connectivity index (χ1) is 12.6. The maximum Gasteiger partial charge on any atom is 0.261 e. The number of carbonyl (C=O) groups excluding carboxylic acids is 1. The Kier molecular flexibility index (Phi) is 6.15. The summed E-state index contributed by atoms with van der Waals surface area (Å²) in [6.45, 7) is 0.575. The monoisotopic (exact) mass is 390 g/mol. The Morgan fingerprint density at radius 1 is 1.15 bits per heavy atom. The van der Waals surface area contributed by atoms with Crippen molar-refractivity contribution in [3.8, 4) is 5.75 Å². The van der Waals surface area contributed by atoms with Crippen LogP contribution in [0.5, 0.6) is 5.75 Å². The zero-order valence-corrected chi connectivity index (χ0v) is 15.3. The molecule has 0 atom stereocenters. The van der Waals surface area contributed by atoms with Gasteiger partial charge in [-0.2, -0.15) is 0 Å². The van der Waals surface area contributed by atoms with Crippen LogP contribution < -0.4 is 4.74 Å². The van der Waals surface area contributed by atoms with E-state index in [0.29, 0.717) is 34.6 Å². The van der Waals surface area contributed by atoms with Gasteiger partial charge < -0.3 is 14.1 Å². The van der Waals surface area contributed by atoms with Gasteiger partial charge in [0, 0.05) is 24.0 Å². The number of carbonyl (C=O) groups is 1. The van der Waals surface area contributed by atoms with E-state index in [-0.39, 0.29) is 12.5 Å². The van der Waals surface area contributed by atoms with Crippen LogP contribution in [-0.2, 0) is 17.9 Å². The molecular weight excluding hydrogens is 375 g/mol. The summed E-state index contributed by atoms with van der Waals surface area (Å²) in [5, 5.41) is 0.861. The van der Waals surface area contributed by atoms with Crippen LogP contribution in [0.3, 0.4) is 0 Å². The fourth-order valence-electron chi connectivity index (χ4n) is 2.36. The summed E-state index contributed by atoms with van der Waals surface area (Å²) in [5.41, 5.74) is 0.914. The highest BCUT2D eigenvalue weighted by Gasteiger charge is 2.17. The molecule has 0 fully saturated rings. The maximum atomic E-state index is 12.7. The van der Waals surface area contributed by atoms with Crippen molar-refractivity contribution in [2.45, 2.75) is 13.1 Å². The second kappa shape index (κ2) is 8.74. The first kappa shape index (κ1) is 18.3. The quantitative estimate of drug-likeness (QED) is 0.591. The summed E-state index contributed by atoms with van der Waals surface area (Å²) in [6, 6.07) is 12.2. The number of halogens is 2. The zero-order chi connectivity index (χ0) is 18.4. The second-order valence-electron chi connectivity index (χ2n) is 5.55. The summed E-state index contributed by atoms with van der Waals surface area (Å²) in [5.74, 6) is 0.895. The molecule has 0 saturated carbocycles. The van der Waals surface area contributed by atoms with E-state index in [1.165, 1.54) is 0 Å². The third-order valence-corrected chi connectivity index (χ3v) is 4.15. The largest absolute Gasteiger partial charge is 0.482 e. The highest BCUT2D eigenvalue weighted by atomic mass is 35.5. The number of ether oxygens (including phenoxy) is 1. The minimum atomic E-state index is -0.198. The standard InChI is InChI=1S/C19H16Cl2N2O3/c20-15-5-6-18(17(21)9-15)26-13-19(24)23(12-16-4-2-8-25-16)11-14-3-1-7-22-10-14/h1-10H,11-13H2. The van der Waals surface area contributed by atoms with Gasteiger partial charge in [-0.1, -0.05) is 29.3 Å². The molecule has 134 valence electrons. The molecule has 0 unspecified atom stereocenters. The Labute approximate surface area is 161 Å². The number of rotatable bonds is 7. The second-order valence-corrected chi connectivity index (χ2v) is 6.40. The van der Waals surface area contributed by atoms with Crippen molar-refractivity contribution >= 4 is 29.1 Å². The summed E-state index contributed by atoms with van der Waals surface area (Å²) in [4.78, 5) is 18.4. The maximum absolute atomic E-state index is 12.7. The SMILES string of the molecule is O=C(COc1ccc(Cl)cc1Cl)N(Cc1cccnc1)Cc1ccco1. The van der Waals surface area contributed by atoms with Crippen LogP contribution in [0.1, 0.15) is 11.3 Å². The molecule has 1 aromatic carbocycles. The molecular formula is C19H16Cl2N2O3. The van der Waals surface area contributed by atoms with Crippen LogP contribution in [0.25, 0.3) is 0 Å². The molecule has 0 radical (unpaired) electrons. The van der Waals surface area contributed by atoms with Gasteiger partial charge in [0.2, 0.25) is 0 Å². The van der Waals surface area contributed by atoms with Gasteiger partial charge in [-0.15, -0.1) is 0 Å². The number of pyridine rings is 1. The fraction of sp³-hybridized carbons (Fsp3) is 0.158. The number of hydrogen-bond acceptors (Lipinski definition) is 4. The van der Waals surface area contributed by atoms with Crippen molar-refractivity contribution in [3.05, 3.63) is 82.5 Å². The Morgan fingerprint density at radius 3 is 2.73 bits per heavy atom. The van der Waals surface area contributed by atoms with E-state index in [1.54, 1.807) is 47.8 Å². The highest BCUT2D eigenvalue weighted by Crippen LogP contribution is 2.27. The fourth-order valence-corrected chi connectivity index (χ4v) is 2.82. The molecule has 2 aromatic heterocycles. The Balaban J connectivity index is 1.69. The van der Waals surface area contributed by atoms with Gasteiger partial charge in [0.15, 0.2) is 6.61 Å². The molecule has 0 aliphatic heterocycles. The number of aromatic nitrogens is 1. The molecule has 0 aliphatic carbocycles. The molecule has 2 heterocycles. The minimum Gasteiger partial charge on any atom is -0.482 e. The lowest BCUT2D eigenvalue weighted by Gasteiger charge is -2.22. The van der Waals surface area contributed by atoms with E-state index in [0.717, 1.165) is 5.56 Å². The Hall–Kier alpha value is -2.50. The van der Waals surface area contributed by atoms with E-state index in [2.05, 4.69) is 4.98 Å². The number of benzene rings is 1. The lowest BCUT2D eigenvalue weighted by atomic mass is 10.2. The van der Waals surface area contributed by atoms with Crippen LogP contribution in [0.15, 0.2) is 65.5 Å². The zero-order valence-electron chi connectivity index (χ0n) is 13.8. The van der Waals surface area contributed by atoms with Gasteiger partial charge in [0.1, 0.15) is 11.5 Å². The van der Waals surface area contributed by atoms with Crippen molar-refractivity contribution in [1.82, 2.24) is 9.88 Å². The van der Waals surface area contributed by atoms with Gasteiger partial charge >= 0.3 is 0 Å². The van der Waals surface area contributed by atoms with Crippen molar-refractivity contribution in [1.29, 1.82) is 0 Å². The number of nitrogens with zero attached hydrogens (tertiary/aromatic N) is 2. The summed E-state index contributed by atoms with van der Waals surface area (Å²) in [6.07, 6.45) is 4.99. The van der Waals surface area contributed by atoms with Gasteiger partial charge in [0.05, 0.1) is 17.8 Å². The van der Waals surface area contributed by atoms with Crippen LogP contribution in [0.2, 0.25) is 10.0 Å². The molecule has 0 N–H and O–H groups in total. The van der Waals surface area contributed by atoms with Crippen LogP contribution in [0.4, 0.5) is 0 Å². The Morgan fingerprint density at radius 2 is 2.04 bits per heavy atom. The highest BCUT2D eigenvalue weighted by molar-refractivity contribution is 6.35. The van der Waals surface area contributed by atoms with Crippen molar-refractivity contribution in [2.24, 2.45) is 0 Å². The molecule has 3 rings (SSSR count). The topological polar surface area (TPSA) is 55.6 Å². The normalized spacial score (nSPS) is 10.5. The van der Waals surface area contributed by atoms with Crippen molar-refractivity contribution in [3.63, 3.8) is 0 Å². The van der Waals surface area contributed by atoms with Crippen molar-refractivity contribution in [2.75, 3.05) is 6.61 Å². The van der Waals surface area contributed by atoms with Gasteiger partial charge in [-0.3, -0.25) is 9.78 Å². The first-order valence-corrected chi connectivity index (χ1v) is 8.64. The molecule has 7 heteroatoms. The summed E-state index contributed by atoms with van der Waals surface area (Å²) < 4.78 is 10.9. The first-order valence-electron chi connectivity index (χ1n) is 7.89. The van der Waals surface area contributed by atoms with Crippen LogP contribution in [-0.4, -0.2) is 22.4 Å². The van der Waals surface area contributed by atoms with E-state index in [1.807, 2.05) is 18.2 Å². The predicted molar refractivity (Wildman–Crippen MR) is 99.2 cm³/mol. The molecule has 0 bridgehead atoms. The van der Waals surface area contributed by atoms with E-state index in [4.69, 9.17) is 32.4 Å². The molecule has 26 heavy (non-hydrogen) atoms. The van der Waals surface area contributed by atoms with Gasteiger partial charge in [-0.25, -0.2) is 0 Å². The van der Waals surface area contributed by atoms with Gasteiger partial charge in [-0.05, 0) is 42.0 Å². The lowest BCUT2D eigenvalue weighted by molar-refractivity contribution is -0.134. The van der Waals surface area contributed by atoms with E-state index < -0.39 is 0 Å². The van der Waals surface area contributed by atoms with Gasteiger partial charge in [0.25, 0.3) is 5.91 Å². The predicted octanol–water partition coefficient (Wildman–Crippen LogP) is 4.59. The van der Waals surface area contributed by atoms with E-state index in [9.17, 15) is 4.79 Å². The summed E-state index contributed by atoms with van der Waals surface area (Å²) in [7, 11) is 0. The third kappa shape index (κ3) is 5.00. The molecule has 0 spiro atoms. The molecule has 5 nitrogen and oxygen atoms in total. The number of hydrogen-bond donors (Lipinski definition) is 0. The molecule has 0 saturated heterocycles. The molecule has 1 amide bonds. The Bertz CT molecular complexity index is 854. The van der Waals surface area contributed by atoms with Crippen LogP contribution >= 0.6 is 23.2 Å². The minimum absolute atomic E-state index is 0.150. The van der Waals surface area contributed by atoms with Crippen LogP contribution in [0, 0.1) is 0 Å². The van der Waals surface area contributed by atoms with Crippen molar-refractivity contribution < 1.29 is 13.9 Å². The summed E-state index contributed by atoms with van der Waals surface area (Å²) >= 11 is 11.9. The number of furan rings is 1. The van der Waals surface area contributed by atoms with E-state index >= 15 is 0 Å². The average molecular weight is 391 g/mol.